The smallest absolute Gasteiger partial charge is 0.237 e. The lowest BCUT2D eigenvalue weighted by Gasteiger charge is -2.16. The van der Waals surface area contributed by atoms with Crippen LogP contribution in [0.2, 0.25) is 0 Å². The number of hydrogen-bond donors (Lipinski definition) is 0. The Morgan fingerprint density at radius 1 is 1.83 bits per heavy atom. The van der Waals surface area contributed by atoms with Gasteiger partial charge < -0.3 is 4.90 Å². The summed E-state index contributed by atoms with van der Waals surface area (Å²) < 4.78 is 0. The highest BCUT2D eigenvalue weighted by Gasteiger charge is 2.16. The molecular formula is C7H12N2O2S. The number of thioether (sulfide) groups is 1. The van der Waals surface area contributed by atoms with Gasteiger partial charge in [0.15, 0.2) is 6.67 Å². The molecule has 0 N–H and O–H groups in total. The van der Waals surface area contributed by atoms with Gasteiger partial charge in [0, 0.05) is 7.05 Å². The number of carbonyl (C=O) groups excluding carboxylic acids is 1. The molecule has 0 bridgehead atoms. The Hall–Kier alpha value is -0.840. The first-order valence-corrected chi connectivity index (χ1v) is 4.38. The van der Waals surface area contributed by atoms with E-state index >= 15 is 0 Å². The first kappa shape index (κ1) is 11.2. The van der Waals surface area contributed by atoms with Gasteiger partial charge in [-0.1, -0.05) is 6.58 Å². The summed E-state index contributed by atoms with van der Waals surface area (Å²) in [5.74, 6) is -0.112. The van der Waals surface area contributed by atoms with E-state index < -0.39 is 0 Å². The Morgan fingerprint density at radius 3 is 2.83 bits per heavy atom. The SMILES string of the molecule is C=CSC(C)C(=O)N(C)CN=O. The maximum absolute atomic E-state index is 11.3. The number of carbonyl (C=O) groups is 1. The number of amides is 1. The van der Waals surface area contributed by atoms with Crippen LogP contribution in [0.15, 0.2) is 17.2 Å². The van der Waals surface area contributed by atoms with Crippen LogP contribution in [-0.4, -0.2) is 29.8 Å². The van der Waals surface area contributed by atoms with Gasteiger partial charge in [-0.25, -0.2) is 0 Å². The Labute approximate surface area is 76.0 Å². The van der Waals surface area contributed by atoms with Crippen molar-refractivity contribution in [3.05, 3.63) is 16.9 Å². The van der Waals surface area contributed by atoms with Crippen LogP contribution in [0.4, 0.5) is 0 Å². The molecule has 5 heteroatoms. The molecule has 0 saturated carbocycles. The van der Waals surface area contributed by atoms with Gasteiger partial charge >= 0.3 is 0 Å². The van der Waals surface area contributed by atoms with E-state index in [1.54, 1.807) is 19.4 Å². The van der Waals surface area contributed by atoms with Crippen molar-refractivity contribution < 1.29 is 4.79 Å². The molecule has 0 aromatic heterocycles. The average molecular weight is 188 g/mol. The zero-order valence-electron chi connectivity index (χ0n) is 7.19. The normalized spacial score (nSPS) is 11.8. The fourth-order valence-electron chi connectivity index (χ4n) is 0.669. The molecule has 0 rings (SSSR count). The van der Waals surface area contributed by atoms with Crippen LogP contribution in [0.5, 0.6) is 0 Å². The van der Waals surface area contributed by atoms with Crippen LogP contribution in [0, 0.1) is 4.91 Å². The Balaban J connectivity index is 3.98. The van der Waals surface area contributed by atoms with Gasteiger partial charge in [-0.15, -0.1) is 16.7 Å². The molecule has 0 aliphatic heterocycles. The summed E-state index contributed by atoms with van der Waals surface area (Å²) in [5, 5.41) is 4.02. The maximum atomic E-state index is 11.3. The molecule has 0 aliphatic rings. The number of nitroso groups, excluding NO2 is 1. The molecule has 12 heavy (non-hydrogen) atoms. The van der Waals surface area contributed by atoms with E-state index in [4.69, 9.17) is 0 Å². The minimum Gasteiger partial charge on any atom is -0.322 e. The molecule has 0 radical (unpaired) electrons. The fourth-order valence-corrected chi connectivity index (χ4v) is 1.25. The summed E-state index contributed by atoms with van der Waals surface area (Å²) >= 11 is 1.32. The number of rotatable bonds is 5. The van der Waals surface area contributed by atoms with Gasteiger partial charge in [-0.05, 0) is 17.5 Å². The topological polar surface area (TPSA) is 49.7 Å². The molecule has 0 aliphatic carbocycles. The van der Waals surface area contributed by atoms with Crippen molar-refractivity contribution in [1.82, 2.24) is 4.90 Å². The third kappa shape index (κ3) is 3.52. The lowest BCUT2D eigenvalue weighted by molar-refractivity contribution is -0.128. The van der Waals surface area contributed by atoms with Crippen molar-refractivity contribution in [3.8, 4) is 0 Å². The zero-order valence-corrected chi connectivity index (χ0v) is 8.00. The highest BCUT2D eigenvalue weighted by molar-refractivity contribution is 8.03. The molecule has 0 aromatic rings. The fraction of sp³-hybridized carbons (Fsp3) is 0.571. The van der Waals surface area contributed by atoms with E-state index in [-0.39, 0.29) is 17.8 Å². The molecule has 1 unspecified atom stereocenters. The second-order valence-electron chi connectivity index (χ2n) is 2.25. The Kier molecular flexibility index (Phi) is 5.36. The van der Waals surface area contributed by atoms with Crippen molar-refractivity contribution in [2.75, 3.05) is 13.7 Å². The lowest BCUT2D eigenvalue weighted by Crippen LogP contribution is -2.32. The standard InChI is InChI=1S/C7H12N2O2S/c1-4-12-6(2)7(10)9(3)5-8-11/h4,6H,1,5H2,2-3H3. The molecule has 0 spiro atoms. The van der Waals surface area contributed by atoms with Gasteiger partial charge in [-0.2, -0.15) is 0 Å². The van der Waals surface area contributed by atoms with E-state index in [0.717, 1.165) is 0 Å². The highest BCUT2D eigenvalue weighted by Crippen LogP contribution is 2.12. The van der Waals surface area contributed by atoms with Crippen LogP contribution >= 0.6 is 11.8 Å². The van der Waals surface area contributed by atoms with E-state index in [2.05, 4.69) is 11.8 Å². The summed E-state index contributed by atoms with van der Waals surface area (Å²) in [7, 11) is 1.55. The molecule has 0 saturated heterocycles. The molecule has 1 atom stereocenters. The summed E-state index contributed by atoms with van der Waals surface area (Å²) in [6.45, 7) is 5.16. The monoisotopic (exact) mass is 188 g/mol. The van der Waals surface area contributed by atoms with Crippen LogP contribution in [0.25, 0.3) is 0 Å². The van der Waals surface area contributed by atoms with Gasteiger partial charge in [0.2, 0.25) is 5.91 Å². The van der Waals surface area contributed by atoms with E-state index in [1.165, 1.54) is 16.7 Å². The van der Waals surface area contributed by atoms with Gasteiger partial charge in [0.05, 0.1) is 5.25 Å². The van der Waals surface area contributed by atoms with Crippen molar-refractivity contribution in [2.45, 2.75) is 12.2 Å². The second kappa shape index (κ2) is 5.77. The molecule has 1 amide bonds. The van der Waals surface area contributed by atoms with Gasteiger partial charge in [0.1, 0.15) is 0 Å². The van der Waals surface area contributed by atoms with Crippen LogP contribution in [0.3, 0.4) is 0 Å². The van der Waals surface area contributed by atoms with Gasteiger partial charge in [-0.3, -0.25) is 4.79 Å². The van der Waals surface area contributed by atoms with Crippen molar-refractivity contribution in [2.24, 2.45) is 5.18 Å². The van der Waals surface area contributed by atoms with Gasteiger partial charge in [0.25, 0.3) is 0 Å². The van der Waals surface area contributed by atoms with E-state index in [0.29, 0.717) is 0 Å². The average Bonchev–Trinajstić information content (AvgIpc) is 2.04. The Bertz CT molecular complexity index is 166. The quantitative estimate of drug-likeness (QED) is 0.613. The number of nitrogens with zero attached hydrogens (tertiary/aromatic N) is 2. The predicted octanol–water partition coefficient (Wildman–Crippen LogP) is 1.43. The number of hydrogen-bond acceptors (Lipinski definition) is 4. The summed E-state index contributed by atoms with van der Waals surface area (Å²) in [5.41, 5.74) is 0. The summed E-state index contributed by atoms with van der Waals surface area (Å²) in [4.78, 5) is 22.4. The summed E-state index contributed by atoms with van der Waals surface area (Å²) in [6, 6.07) is 0. The third-order valence-electron chi connectivity index (χ3n) is 1.29. The van der Waals surface area contributed by atoms with E-state index in [9.17, 15) is 9.70 Å². The van der Waals surface area contributed by atoms with Crippen molar-refractivity contribution >= 4 is 17.7 Å². The molecular weight excluding hydrogens is 176 g/mol. The second-order valence-corrected chi connectivity index (χ2v) is 3.56. The van der Waals surface area contributed by atoms with Crippen LogP contribution in [-0.2, 0) is 4.79 Å². The first-order chi connectivity index (χ1) is 5.63. The maximum Gasteiger partial charge on any atom is 0.237 e. The minimum absolute atomic E-state index is 0.0964. The largest absolute Gasteiger partial charge is 0.322 e. The summed E-state index contributed by atoms with van der Waals surface area (Å²) in [6.07, 6.45) is 0. The molecule has 0 aromatic carbocycles. The Morgan fingerprint density at radius 2 is 2.42 bits per heavy atom. The molecule has 68 valence electrons. The predicted molar refractivity (Wildman–Crippen MR) is 50.7 cm³/mol. The lowest BCUT2D eigenvalue weighted by atomic mass is 10.4. The zero-order chi connectivity index (χ0) is 9.56. The van der Waals surface area contributed by atoms with Crippen LogP contribution in [0.1, 0.15) is 6.92 Å². The molecule has 0 fully saturated rings. The molecule has 0 heterocycles. The first-order valence-electron chi connectivity index (χ1n) is 3.44. The van der Waals surface area contributed by atoms with Crippen molar-refractivity contribution in [3.63, 3.8) is 0 Å². The molecule has 4 nitrogen and oxygen atoms in total. The van der Waals surface area contributed by atoms with Crippen LogP contribution < -0.4 is 0 Å². The highest BCUT2D eigenvalue weighted by atomic mass is 32.2. The van der Waals surface area contributed by atoms with Crippen molar-refractivity contribution in [1.29, 1.82) is 0 Å². The van der Waals surface area contributed by atoms with E-state index in [1.807, 2.05) is 0 Å². The minimum atomic E-state index is -0.200. The third-order valence-corrected chi connectivity index (χ3v) is 2.10.